The minimum atomic E-state index is -1.34. The van der Waals surface area contributed by atoms with Gasteiger partial charge >= 0.3 is 0 Å². The van der Waals surface area contributed by atoms with Crippen LogP contribution in [-0.4, -0.2) is 42.4 Å². The van der Waals surface area contributed by atoms with Gasteiger partial charge in [0.25, 0.3) is 11.8 Å². The maximum atomic E-state index is 13.3. The highest BCUT2D eigenvalue weighted by molar-refractivity contribution is 6.16. The van der Waals surface area contributed by atoms with Crippen LogP contribution in [0.15, 0.2) is 48.5 Å². The summed E-state index contributed by atoms with van der Waals surface area (Å²) in [4.78, 5) is 41.7. The van der Waals surface area contributed by atoms with Crippen LogP contribution >= 0.6 is 0 Å². The summed E-state index contributed by atoms with van der Waals surface area (Å²) >= 11 is 0. The van der Waals surface area contributed by atoms with Crippen LogP contribution in [0.2, 0.25) is 0 Å². The van der Waals surface area contributed by atoms with E-state index in [-0.39, 0.29) is 37.1 Å². The van der Waals surface area contributed by atoms with E-state index in [0.29, 0.717) is 11.3 Å². The van der Waals surface area contributed by atoms with Crippen LogP contribution in [-0.2, 0) is 16.1 Å². The Kier molecular flexibility index (Phi) is 4.30. The van der Waals surface area contributed by atoms with Gasteiger partial charge in [-0.3, -0.25) is 19.3 Å². The molecule has 2 aromatic rings. The fraction of sp³-hybridized carbons (Fsp3) is 0.286. The van der Waals surface area contributed by atoms with Crippen LogP contribution in [0.5, 0.6) is 5.75 Å². The third-order valence-electron chi connectivity index (χ3n) is 5.52. The second-order valence-electron chi connectivity index (χ2n) is 6.96. The lowest BCUT2D eigenvalue weighted by Crippen LogP contribution is -2.69. The number of methoxy groups -OCH3 is 1. The zero-order chi connectivity index (χ0) is 19.9. The first-order valence-corrected chi connectivity index (χ1v) is 9.10. The topological polar surface area (TPSA) is 79.0 Å². The number of anilines is 1. The molecule has 2 aliphatic rings. The number of carbonyl (C=O) groups is 3. The van der Waals surface area contributed by atoms with E-state index in [4.69, 9.17) is 4.74 Å². The first-order chi connectivity index (χ1) is 13.5. The van der Waals surface area contributed by atoms with E-state index < -0.39 is 5.66 Å². The van der Waals surface area contributed by atoms with Crippen LogP contribution in [0.1, 0.15) is 28.8 Å². The molecule has 0 unspecified atom stereocenters. The Labute approximate surface area is 162 Å². The molecule has 3 amide bonds. The molecule has 4 rings (SSSR count). The van der Waals surface area contributed by atoms with Crippen molar-refractivity contribution < 1.29 is 19.1 Å². The molecule has 1 N–H and O–H groups in total. The van der Waals surface area contributed by atoms with Gasteiger partial charge in [-0.05, 0) is 29.8 Å². The minimum absolute atomic E-state index is 0.161. The quantitative estimate of drug-likeness (QED) is 0.880. The van der Waals surface area contributed by atoms with Gasteiger partial charge in [-0.2, -0.15) is 0 Å². The highest BCUT2D eigenvalue weighted by Crippen LogP contribution is 2.43. The van der Waals surface area contributed by atoms with Gasteiger partial charge in [0.05, 0.1) is 18.4 Å². The number of nitrogens with zero attached hydrogens (tertiary/aromatic N) is 2. The molecule has 1 saturated heterocycles. The van der Waals surface area contributed by atoms with Crippen molar-refractivity contribution in [2.75, 3.05) is 19.1 Å². The molecule has 0 radical (unpaired) electrons. The van der Waals surface area contributed by atoms with E-state index in [1.54, 1.807) is 38.4 Å². The molecule has 1 fully saturated rings. The van der Waals surface area contributed by atoms with Gasteiger partial charge in [-0.25, -0.2) is 0 Å². The highest BCUT2D eigenvalue weighted by atomic mass is 16.5. The lowest BCUT2D eigenvalue weighted by molar-refractivity contribution is -0.133. The summed E-state index contributed by atoms with van der Waals surface area (Å²) in [6, 6.07) is 14.3. The van der Waals surface area contributed by atoms with Crippen LogP contribution < -0.4 is 15.0 Å². The maximum absolute atomic E-state index is 13.3. The van der Waals surface area contributed by atoms with Crippen LogP contribution in [0.3, 0.4) is 0 Å². The molecule has 7 nitrogen and oxygen atoms in total. The standard InChI is InChI=1S/C21H21N3O4/c1-23-19(26)16-5-3-4-6-17(16)24-18(25)11-12-21(23,24)20(27)22-13-14-7-9-15(28-2)10-8-14/h3-10H,11-13H2,1-2H3,(H,22,27)/t21-/m1/s1. The van der Waals surface area contributed by atoms with E-state index in [1.807, 2.05) is 24.3 Å². The fourth-order valence-corrected chi connectivity index (χ4v) is 4.00. The SMILES string of the molecule is COc1ccc(CNC(=O)[C@@]23CCC(=O)N2c2ccccc2C(=O)N3C)cc1. The smallest absolute Gasteiger partial charge is 0.267 e. The number of hydrogen-bond acceptors (Lipinski definition) is 4. The number of rotatable bonds is 4. The first kappa shape index (κ1) is 18.0. The van der Waals surface area contributed by atoms with Crippen molar-refractivity contribution >= 4 is 23.4 Å². The number of likely N-dealkylation sites (N-methyl/N-ethyl adjacent to an activating group) is 1. The van der Waals surface area contributed by atoms with Gasteiger partial charge in [0, 0.05) is 26.4 Å². The fourth-order valence-electron chi connectivity index (χ4n) is 4.00. The van der Waals surface area contributed by atoms with E-state index in [9.17, 15) is 14.4 Å². The molecule has 7 heteroatoms. The summed E-state index contributed by atoms with van der Waals surface area (Å²) in [5.74, 6) is -0.0532. The van der Waals surface area contributed by atoms with Gasteiger partial charge in [0.2, 0.25) is 11.6 Å². The van der Waals surface area contributed by atoms with Crippen molar-refractivity contribution in [3.63, 3.8) is 0 Å². The molecule has 0 spiro atoms. The Bertz CT molecular complexity index is 956. The zero-order valence-electron chi connectivity index (χ0n) is 15.8. The Balaban J connectivity index is 1.65. The molecule has 1 atom stereocenters. The Morgan fingerprint density at radius 2 is 1.86 bits per heavy atom. The number of para-hydroxylation sites is 1. The Morgan fingerprint density at radius 1 is 1.14 bits per heavy atom. The summed E-state index contributed by atoms with van der Waals surface area (Å²) in [6.45, 7) is 0.288. The molecule has 0 bridgehead atoms. The molecule has 2 aromatic carbocycles. The minimum Gasteiger partial charge on any atom is -0.497 e. The Hall–Kier alpha value is -3.35. The van der Waals surface area contributed by atoms with E-state index >= 15 is 0 Å². The summed E-state index contributed by atoms with van der Waals surface area (Å²) < 4.78 is 5.14. The first-order valence-electron chi connectivity index (χ1n) is 9.10. The van der Waals surface area contributed by atoms with Crippen molar-refractivity contribution in [2.24, 2.45) is 0 Å². The third-order valence-corrected chi connectivity index (χ3v) is 5.52. The molecule has 144 valence electrons. The average molecular weight is 379 g/mol. The molecular formula is C21H21N3O4. The van der Waals surface area contributed by atoms with Crippen LogP contribution in [0, 0.1) is 0 Å². The molecule has 0 aliphatic carbocycles. The largest absolute Gasteiger partial charge is 0.497 e. The predicted molar refractivity (Wildman–Crippen MR) is 103 cm³/mol. The number of amides is 3. The molecule has 0 saturated carbocycles. The van der Waals surface area contributed by atoms with E-state index in [2.05, 4.69) is 5.32 Å². The van der Waals surface area contributed by atoms with E-state index in [0.717, 1.165) is 11.3 Å². The molecule has 2 aliphatic heterocycles. The molecule has 2 heterocycles. The monoisotopic (exact) mass is 379 g/mol. The predicted octanol–water partition coefficient (Wildman–Crippen LogP) is 1.92. The number of carbonyl (C=O) groups excluding carboxylic acids is 3. The third kappa shape index (κ3) is 2.54. The van der Waals surface area contributed by atoms with Crippen molar-refractivity contribution in [1.29, 1.82) is 0 Å². The summed E-state index contributed by atoms with van der Waals surface area (Å²) in [7, 11) is 3.17. The second kappa shape index (κ2) is 6.67. The number of benzene rings is 2. The molecular weight excluding hydrogens is 358 g/mol. The van der Waals surface area contributed by atoms with Gasteiger partial charge in [0.1, 0.15) is 5.75 Å². The van der Waals surface area contributed by atoms with E-state index in [1.165, 1.54) is 9.80 Å². The lowest BCUT2D eigenvalue weighted by atomic mass is 9.96. The molecule has 28 heavy (non-hydrogen) atoms. The van der Waals surface area contributed by atoms with Gasteiger partial charge < -0.3 is 15.0 Å². The van der Waals surface area contributed by atoms with Crippen molar-refractivity contribution in [2.45, 2.75) is 25.0 Å². The van der Waals surface area contributed by atoms with Crippen molar-refractivity contribution in [3.8, 4) is 5.75 Å². The number of hydrogen-bond donors (Lipinski definition) is 1. The van der Waals surface area contributed by atoms with Crippen molar-refractivity contribution in [1.82, 2.24) is 10.2 Å². The number of nitrogens with one attached hydrogen (secondary N) is 1. The van der Waals surface area contributed by atoms with Crippen LogP contribution in [0.25, 0.3) is 0 Å². The van der Waals surface area contributed by atoms with Gasteiger partial charge in [-0.15, -0.1) is 0 Å². The Morgan fingerprint density at radius 3 is 2.57 bits per heavy atom. The summed E-state index contributed by atoms with van der Waals surface area (Å²) in [5.41, 5.74) is 0.479. The normalized spacial score (nSPS) is 20.6. The van der Waals surface area contributed by atoms with Gasteiger partial charge in [-0.1, -0.05) is 24.3 Å². The van der Waals surface area contributed by atoms with Crippen LogP contribution in [0.4, 0.5) is 5.69 Å². The number of fused-ring (bicyclic) bond motifs is 3. The lowest BCUT2D eigenvalue weighted by Gasteiger charge is -2.47. The maximum Gasteiger partial charge on any atom is 0.267 e. The zero-order valence-corrected chi connectivity index (χ0v) is 15.8. The highest BCUT2D eigenvalue weighted by Gasteiger charge is 2.59. The molecule has 0 aromatic heterocycles. The average Bonchev–Trinajstić information content (AvgIpc) is 3.09. The summed E-state index contributed by atoms with van der Waals surface area (Å²) in [5, 5.41) is 2.90. The van der Waals surface area contributed by atoms with Gasteiger partial charge in [0.15, 0.2) is 0 Å². The second-order valence-corrected chi connectivity index (χ2v) is 6.96. The van der Waals surface area contributed by atoms with Crippen molar-refractivity contribution in [3.05, 3.63) is 59.7 Å². The summed E-state index contributed by atoms with van der Waals surface area (Å²) in [6.07, 6.45) is 0.471. The number of ether oxygens (including phenoxy) is 1.